The van der Waals surface area contributed by atoms with Crippen LogP contribution >= 0.6 is 11.6 Å². The Bertz CT molecular complexity index is 1360. The number of hydrogen-bond acceptors (Lipinski definition) is 3. The van der Waals surface area contributed by atoms with Crippen LogP contribution < -0.4 is 4.74 Å². The zero-order valence-corrected chi connectivity index (χ0v) is 18.1. The first-order valence-corrected chi connectivity index (χ1v) is 10.9. The molecule has 1 fully saturated rings. The van der Waals surface area contributed by atoms with Gasteiger partial charge in [0.05, 0.1) is 11.7 Å². The van der Waals surface area contributed by atoms with Gasteiger partial charge in [-0.05, 0) is 59.2 Å². The maximum Gasteiger partial charge on any atom is 0.335 e. The average Bonchev–Trinajstić information content (AvgIpc) is 3.53. The number of carbonyl (C=O) groups is 1. The molecule has 4 nitrogen and oxygen atoms in total. The van der Waals surface area contributed by atoms with Gasteiger partial charge in [-0.2, -0.15) is 5.10 Å². The van der Waals surface area contributed by atoms with Gasteiger partial charge in [0.1, 0.15) is 5.75 Å². The number of esters is 1. The third kappa shape index (κ3) is 3.74. The Morgan fingerprint density at radius 1 is 1.00 bits per heavy atom. The molecule has 5 rings (SSSR count). The molecule has 1 saturated carbocycles. The zero-order valence-electron chi connectivity index (χ0n) is 17.3. The van der Waals surface area contributed by atoms with E-state index < -0.39 is 5.97 Å². The lowest BCUT2D eigenvalue weighted by atomic mass is 9.85. The van der Waals surface area contributed by atoms with Gasteiger partial charge in [-0.25, -0.2) is 4.79 Å². The molecule has 32 heavy (non-hydrogen) atoms. The first-order chi connectivity index (χ1) is 15.7. The number of nitrogens with one attached hydrogen (secondary N) is 1. The third-order valence-electron chi connectivity index (χ3n) is 5.71. The molecule has 4 aromatic rings. The maximum absolute atomic E-state index is 12.1. The second-order valence-electron chi connectivity index (χ2n) is 7.80. The van der Waals surface area contributed by atoms with Crippen LogP contribution in [0.4, 0.5) is 0 Å². The quantitative estimate of drug-likeness (QED) is 0.157. The van der Waals surface area contributed by atoms with E-state index in [1.165, 1.54) is 6.08 Å². The van der Waals surface area contributed by atoms with E-state index in [9.17, 15) is 4.79 Å². The molecule has 1 aromatic heterocycles. The van der Waals surface area contributed by atoms with Crippen molar-refractivity contribution in [2.75, 3.05) is 0 Å². The Labute approximate surface area is 191 Å². The van der Waals surface area contributed by atoms with E-state index in [1.54, 1.807) is 0 Å². The summed E-state index contributed by atoms with van der Waals surface area (Å²) in [6.07, 6.45) is 5.17. The number of carbonyl (C=O) groups excluding carboxylic acids is 1. The van der Waals surface area contributed by atoms with E-state index in [0.29, 0.717) is 16.7 Å². The summed E-state index contributed by atoms with van der Waals surface area (Å²) in [5, 5.41) is 9.02. The van der Waals surface area contributed by atoms with Gasteiger partial charge >= 0.3 is 5.97 Å². The summed E-state index contributed by atoms with van der Waals surface area (Å²) in [5.74, 6) is 0.359. The fourth-order valence-corrected chi connectivity index (χ4v) is 4.38. The minimum Gasteiger partial charge on any atom is -0.423 e. The molecule has 0 saturated heterocycles. The van der Waals surface area contributed by atoms with Crippen LogP contribution in [0.15, 0.2) is 85.6 Å². The lowest BCUT2D eigenvalue weighted by molar-refractivity contribution is -0.128. The first kappa shape index (κ1) is 20.3. The summed E-state index contributed by atoms with van der Waals surface area (Å²) in [5.41, 5.74) is 5.94. The van der Waals surface area contributed by atoms with Gasteiger partial charge in [0.25, 0.3) is 0 Å². The largest absolute Gasteiger partial charge is 0.423 e. The molecular formula is C27H21ClN2O2. The Morgan fingerprint density at radius 3 is 2.47 bits per heavy atom. The highest BCUT2D eigenvalue weighted by Crippen LogP contribution is 2.51. The van der Waals surface area contributed by atoms with Crippen molar-refractivity contribution in [1.82, 2.24) is 10.2 Å². The summed E-state index contributed by atoms with van der Waals surface area (Å²) in [6, 6.07) is 21.6. The van der Waals surface area contributed by atoms with Crippen molar-refractivity contribution in [1.29, 1.82) is 0 Å². The smallest absolute Gasteiger partial charge is 0.335 e. The van der Waals surface area contributed by atoms with Gasteiger partial charge in [0.2, 0.25) is 0 Å². The minimum absolute atomic E-state index is 0.371. The Hall–Kier alpha value is -3.63. The molecule has 1 N–H and O–H groups in total. The van der Waals surface area contributed by atoms with Crippen LogP contribution in [0.1, 0.15) is 29.5 Å². The summed E-state index contributed by atoms with van der Waals surface area (Å²) in [7, 11) is 0. The SMILES string of the molecule is C=CC(=O)Oc1ccccc1/C(=C(/c1ccccc1Cl)C1CC1)c1cccc2[nH]ncc12. The van der Waals surface area contributed by atoms with Crippen molar-refractivity contribution in [3.8, 4) is 5.75 Å². The van der Waals surface area contributed by atoms with E-state index in [2.05, 4.69) is 28.9 Å². The molecular weight excluding hydrogens is 420 g/mol. The van der Waals surface area contributed by atoms with Crippen molar-refractivity contribution in [3.05, 3.63) is 107 Å². The van der Waals surface area contributed by atoms with Crippen LogP contribution in [-0.4, -0.2) is 16.2 Å². The van der Waals surface area contributed by atoms with Crippen molar-refractivity contribution >= 4 is 39.6 Å². The minimum atomic E-state index is -0.496. The number of ether oxygens (including phenoxy) is 1. The van der Waals surface area contributed by atoms with Crippen molar-refractivity contribution in [2.45, 2.75) is 12.8 Å². The standard InChI is InChI=1S/C27H21ClN2O2/c1-2-25(31)32-24-13-6-4-9-20(24)27(18-10-7-12-23-21(18)16-29-30-23)26(17-14-15-17)19-8-3-5-11-22(19)28/h2-13,16-17H,1,14-15H2,(H,29,30)/b27-26+. The molecule has 0 atom stereocenters. The number of rotatable bonds is 6. The fourth-order valence-electron chi connectivity index (χ4n) is 4.14. The van der Waals surface area contributed by atoms with Crippen molar-refractivity contribution < 1.29 is 9.53 Å². The van der Waals surface area contributed by atoms with Gasteiger partial charge in [0, 0.05) is 22.0 Å². The van der Waals surface area contributed by atoms with Crippen LogP contribution in [-0.2, 0) is 4.79 Å². The number of aromatic nitrogens is 2. The van der Waals surface area contributed by atoms with E-state index >= 15 is 0 Å². The molecule has 0 bridgehead atoms. The van der Waals surface area contributed by atoms with E-state index in [1.807, 2.05) is 60.8 Å². The lowest BCUT2D eigenvalue weighted by Crippen LogP contribution is -2.07. The summed E-state index contributed by atoms with van der Waals surface area (Å²) in [4.78, 5) is 12.1. The number of halogens is 1. The number of fused-ring (bicyclic) bond motifs is 1. The van der Waals surface area contributed by atoms with Gasteiger partial charge in [-0.1, -0.05) is 66.7 Å². The highest BCUT2D eigenvalue weighted by atomic mass is 35.5. The van der Waals surface area contributed by atoms with Crippen LogP contribution in [0.2, 0.25) is 5.02 Å². The van der Waals surface area contributed by atoms with Crippen LogP contribution in [0.5, 0.6) is 5.75 Å². The number of aromatic amines is 1. The molecule has 0 aliphatic heterocycles. The average molecular weight is 441 g/mol. The lowest BCUT2D eigenvalue weighted by Gasteiger charge is -2.20. The number of hydrogen-bond donors (Lipinski definition) is 1. The van der Waals surface area contributed by atoms with Gasteiger partial charge in [-0.15, -0.1) is 0 Å². The summed E-state index contributed by atoms with van der Waals surface area (Å²) >= 11 is 6.70. The van der Waals surface area contributed by atoms with E-state index in [4.69, 9.17) is 16.3 Å². The van der Waals surface area contributed by atoms with Gasteiger partial charge in [0.15, 0.2) is 0 Å². The third-order valence-corrected chi connectivity index (χ3v) is 6.04. The van der Waals surface area contributed by atoms with Crippen LogP contribution in [0.25, 0.3) is 22.0 Å². The number of H-pyrrole nitrogens is 1. The maximum atomic E-state index is 12.1. The molecule has 158 valence electrons. The molecule has 0 unspecified atom stereocenters. The molecule has 0 spiro atoms. The fraction of sp³-hybridized carbons (Fsp3) is 0.111. The Kier molecular flexibility index (Phi) is 5.38. The molecule has 0 radical (unpaired) electrons. The van der Waals surface area contributed by atoms with Gasteiger partial charge < -0.3 is 4.74 Å². The summed E-state index contributed by atoms with van der Waals surface area (Å²) < 4.78 is 5.66. The van der Waals surface area contributed by atoms with Gasteiger partial charge in [-0.3, -0.25) is 5.10 Å². The predicted octanol–water partition coefficient (Wildman–Crippen LogP) is 6.68. The highest BCUT2D eigenvalue weighted by Gasteiger charge is 2.33. The van der Waals surface area contributed by atoms with Crippen LogP contribution in [0, 0.1) is 5.92 Å². The number of benzene rings is 3. The Balaban J connectivity index is 1.87. The van der Waals surface area contributed by atoms with Crippen LogP contribution in [0.3, 0.4) is 0 Å². The predicted molar refractivity (Wildman–Crippen MR) is 128 cm³/mol. The number of para-hydroxylation sites is 1. The van der Waals surface area contributed by atoms with Crippen molar-refractivity contribution in [3.63, 3.8) is 0 Å². The normalized spacial score (nSPS) is 14.2. The topological polar surface area (TPSA) is 55.0 Å². The number of allylic oxidation sites excluding steroid dienone is 1. The van der Waals surface area contributed by atoms with E-state index in [0.717, 1.165) is 51.6 Å². The van der Waals surface area contributed by atoms with Crippen molar-refractivity contribution in [2.24, 2.45) is 5.92 Å². The molecule has 1 heterocycles. The second kappa shape index (κ2) is 8.48. The molecule has 1 aliphatic carbocycles. The highest BCUT2D eigenvalue weighted by molar-refractivity contribution is 6.33. The molecule has 1 aliphatic rings. The second-order valence-corrected chi connectivity index (χ2v) is 8.21. The monoisotopic (exact) mass is 440 g/mol. The molecule has 5 heteroatoms. The summed E-state index contributed by atoms with van der Waals surface area (Å²) in [6.45, 7) is 3.54. The Morgan fingerprint density at radius 2 is 1.72 bits per heavy atom. The number of nitrogens with zero attached hydrogens (tertiary/aromatic N) is 1. The molecule has 3 aromatic carbocycles. The van der Waals surface area contributed by atoms with E-state index in [-0.39, 0.29) is 0 Å². The molecule has 0 amide bonds. The zero-order chi connectivity index (χ0) is 22.1. The first-order valence-electron chi connectivity index (χ1n) is 10.5.